The maximum absolute atomic E-state index is 11.0. The van der Waals surface area contributed by atoms with Crippen molar-refractivity contribution >= 4 is 16.9 Å². The minimum Gasteiger partial charge on any atom is -0.478 e. The van der Waals surface area contributed by atoms with Gasteiger partial charge in [0.1, 0.15) is 0 Å². The highest BCUT2D eigenvalue weighted by molar-refractivity contribution is 5.93. The smallest absolute Gasteiger partial charge is 0.335 e. The number of carboxylic acids is 1. The quantitative estimate of drug-likeness (QED) is 0.800. The van der Waals surface area contributed by atoms with E-state index in [0.29, 0.717) is 18.2 Å². The Labute approximate surface area is 122 Å². The molecule has 0 fully saturated rings. The Morgan fingerprint density at radius 3 is 2.86 bits per heavy atom. The van der Waals surface area contributed by atoms with E-state index in [1.54, 1.807) is 12.1 Å². The van der Waals surface area contributed by atoms with Crippen LogP contribution in [0.3, 0.4) is 0 Å². The van der Waals surface area contributed by atoms with Crippen LogP contribution < -0.4 is 0 Å². The fraction of sp³-hybridized carbons (Fsp3) is 0.250. The first-order chi connectivity index (χ1) is 10.1. The summed E-state index contributed by atoms with van der Waals surface area (Å²) in [4.78, 5) is 15.2. The first kappa shape index (κ1) is 13.4. The van der Waals surface area contributed by atoms with Gasteiger partial charge in [0.05, 0.1) is 24.1 Å². The van der Waals surface area contributed by atoms with Crippen LogP contribution >= 0.6 is 0 Å². The summed E-state index contributed by atoms with van der Waals surface area (Å²) in [5.74, 6) is -0.900. The number of aromatic nitrogens is 3. The first-order valence-corrected chi connectivity index (χ1v) is 6.89. The Bertz CT molecular complexity index is 799. The predicted molar refractivity (Wildman–Crippen MR) is 80.6 cm³/mol. The number of aromatic carboxylic acids is 1. The Hall–Kier alpha value is -2.56. The number of benzene rings is 1. The van der Waals surface area contributed by atoms with Crippen LogP contribution in [0, 0.1) is 0 Å². The van der Waals surface area contributed by atoms with Gasteiger partial charge in [-0.3, -0.25) is 0 Å². The van der Waals surface area contributed by atoms with E-state index >= 15 is 0 Å². The molecule has 3 rings (SSSR count). The van der Waals surface area contributed by atoms with E-state index in [1.807, 2.05) is 30.9 Å². The molecule has 0 spiro atoms. The number of imidazole rings is 1. The van der Waals surface area contributed by atoms with Crippen LogP contribution in [0.5, 0.6) is 0 Å². The van der Waals surface area contributed by atoms with Gasteiger partial charge in [-0.05, 0) is 38.1 Å². The third-order valence-corrected chi connectivity index (χ3v) is 3.65. The lowest BCUT2D eigenvalue weighted by Crippen LogP contribution is -2.08. The van der Waals surface area contributed by atoms with Crippen molar-refractivity contribution in [2.75, 3.05) is 0 Å². The van der Waals surface area contributed by atoms with Crippen LogP contribution in [-0.2, 0) is 6.54 Å². The summed E-state index contributed by atoms with van der Waals surface area (Å²) in [7, 11) is 0. The molecule has 0 atom stereocenters. The number of carbonyl (C=O) groups is 1. The molecular weight excluding hydrogens is 266 g/mol. The Morgan fingerprint density at radius 1 is 1.33 bits per heavy atom. The van der Waals surface area contributed by atoms with Gasteiger partial charge in [-0.1, -0.05) is 0 Å². The first-order valence-electron chi connectivity index (χ1n) is 6.89. The maximum Gasteiger partial charge on any atom is 0.335 e. The topological polar surface area (TPSA) is 60.0 Å². The molecule has 3 aromatic rings. The van der Waals surface area contributed by atoms with E-state index in [4.69, 9.17) is 5.11 Å². The third kappa shape index (κ3) is 2.42. The molecule has 0 aliphatic carbocycles. The number of nitrogens with zero attached hydrogens (tertiary/aromatic N) is 3. The summed E-state index contributed by atoms with van der Waals surface area (Å²) < 4.78 is 4.24. The summed E-state index contributed by atoms with van der Waals surface area (Å²) in [6.45, 7) is 4.96. The van der Waals surface area contributed by atoms with Crippen molar-refractivity contribution < 1.29 is 9.90 Å². The average Bonchev–Trinajstić information content (AvgIpc) is 3.06. The molecular formula is C16H17N3O2. The van der Waals surface area contributed by atoms with Crippen molar-refractivity contribution in [1.82, 2.24) is 14.1 Å². The minimum absolute atomic E-state index is 0.312. The van der Waals surface area contributed by atoms with Crippen LogP contribution in [0.2, 0.25) is 0 Å². The number of rotatable bonds is 4. The molecule has 2 heterocycles. The van der Waals surface area contributed by atoms with Crippen molar-refractivity contribution in [3.63, 3.8) is 0 Å². The molecule has 0 radical (unpaired) electrons. The molecule has 0 saturated heterocycles. The van der Waals surface area contributed by atoms with Gasteiger partial charge >= 0.3 is 5.97 Å². The second kappa shape index (κ2) is 5.09. The summed E-state index contributed by atoms with van der Waals surface area (Å²) >= 11 is 0. The van der Waals surface area contributed by atoms with E-state index < -0.39 is 5.97 Å². The summed E-state index contributed by atoms with van der Waals surface area (Å²) in [5.41, 5.74) is 2.47. The molecule has 1 N–H and O–H groups in total. The monoisotopic (exact) mass is 283 g/mol. The summed E-state index contributed by atoms with van der Waals surface area (Å²) in [6, 6.07) is 7.50. The lowest BCUT2D eigenvalue weighted by Gasteiger charge is -2.13. The van der Waals surface area contributed by atoms with Crippen molar-refractivity contribution in [1.29, 1.82) is 0 Å². The number of hydrogen-bond acceptors (Lipinski definition) is 2. The molecule has 5 heteroatoms. The molecule has 0 aliphatic rings. The second-order valence-corrected chi connectivity index (χ2v) is 5.41. The van der Waals surface area contributed by atoms with E-state index in [1.165, 1.54) is 0 Å². The van der Waals surface area contributed by atoms with Crippen molar-refractivity contribution in [2.45, 2.75) is 26.4 Å². The van der Waals surface area contributed by atoms with Gasteiger partial charge in [-0.15, -0.1) is 0 Å². The molecule has 21 heavy (non-hydrogen) atoms. The van der Waals surface area contributed by atoms with Crippen LogP contribution in [0.1, 0.15) is 35.9 Å². The van der Waals surface area contributed by atoms with E-state index in [-0.39, 0.29) is 0 Å². The van der Waals surface area contributed by atoms with Crippen LogP contribution in [0.15, 0.2) is 43.0 Å². The van der Waals surface area contributed by atoms with Gasteiger partial charge in [-0.2, -0.15) is 0 Å². The molecule has 0 saturated carbocycles. The number of carboxylic acid groups (broad SMARTS) is 1. The standard InChI is InChI=1S/C16H17N3O2/c1-11(2)19-10-17-8-14(19)9-18-6-5-12-7-13(16(20)21)3-4-15(12)18/h3-8,10-11H,9H2,1-2H3,(H,20,21). The molecule has 0 amide bonds. The molecule has 108 valence electrons. The summed E-state index contributed by atoms with van der Waals surface area (Å²) in [5, 5.41) is 9.97. The summed E-state index contributed by atoms with van der Waals surface area (Å²) in [6.07, 6.45) is 5.69. The second-order valence-electron chi connectivity index (χ2n) is 5.41. The Balaban J connectivity index is 1.98. The molecule has 0 unspecified atom stereocenters. The highest BCUT2D eigenvalue weighted by Crippen LogP contribution is 2.20. The Morgan fingerprint density at radius 2 is 2.14 bits per heavy atom. The van der Waals surface area contributed by atoms with Crippen molar-refractivity contribution in [2.24, 2.45) is 0 Å². The molecule has 1 aromatic carbocycles. The third-order valence-electron chi connectivity index (χ3n) is 3.65. The zero-order valence-corrected chi connectivity index (χ0v) is 12.0. The van der Waals surface area contributed by atoms with Gasteiger partial charge < -0.3 is 14.2 Å². The molecule has 0 bridgehead atoms. The number of hydrogen-bond donors (Lipinski definition) is 1. The zero-order chi connectivity index (χ0) is 15.0. The van der Waals surface area contributed by atoms with Gasteiger partial charge in [0.2, 0.25) is 0 Å². The Kier molecular flexibility index (Phi) is 3.25. The fourth-order valence-corrected chi connectivity index (χ4v) is 2.57. The van der Waals surface area contributed by atoms with Crippen molar-refractivity contribution in [3.05, 3.63) is 54.2 Å². The van der Waals surface area contributed by atoms with E-state index in [0.717, 1.165) is 16.6 Å². The predicted octanol–water partition coefficient (Wildman–Crippen LogP) is 3.17. The highest BCUT2D eigenvalue weighted by Gasteiger charge is 2.10. The van der Waals surface area contributed by atoms with Crippen LogP contribution in [-0.4, -0.2) is 25.2 Å². The normalized spacial score (nSPS) is 11.4. The van der Waals surface area contributed by atoms with E-state index in [2.05, 4.69) is 28.0 Å². The van der Waals surface area contributed by atoms with Gasteiger partial charge in [0.15, 0.2) is 0 Å². The van der Waals surface area contributed by atoms with Crippen molar-refractivity contribution in [3.8, 4) is 0 Å². The van der Waals surface area contributed by atoms with Gasteiger partial charge in [0.25, 0.3) is 0 Å². The molecule has 2 aromatic heterocycles. The SMILES string of the molecule is CC(C)n1cncc1Cn1ccc2cc(C(=O)O)ccc21. The van der Waals surface area contributed by atoms with Crippen LogP contribution in [0.25, 0.3) is 10.9 Å². The average molecular weight is 283 g/mol. The molecule has 0 aliphatic heterocycles. The maximum atomic E-state index is 11.0. The number of fused-ring (bicyclic) bond motifs is 1. The highest BCUT2D eigenvalue weighted by atomic mass is 16.4. The minimum atomic E-state index is -0.900. The fourth-order valence-electron chi connectivity index (χ4n) is 2.57. The van der Waals surface area contributed by atoms with Crippen LogP contribution in [0.4, 0.5) is 0 Å². The van der Waals surface area contributed by atoms with Gasteiger partial charge in [0, 0.05) is 29.3 Å². The molecule has 5 nitrogen and oxygen atoms in total. The lowest BCUT2D eigenvalue weighted by molar-refractivity contribution is 0.0697. The van der Waals surface area contributed by atoms with E-state index in [9.17, 15) is 4.79 Å². The zero-order valence-electron chi connectivity index (χ0n) is 12.0. The lowest BCUT2D eigenvalue weighted by atomic mass is 10.1. The largest absolute Gasteiger partial charge is 0.478 e. The van der Waals surface area contributed by atoms with Gasteiger partial charge in [-0.25, -0.2) is 9.78 Å².